The molecule has 2 heterocycles. The Labute approximate surface area is 340 Å². The summed E-state index contributed by atoms with van der Waals surface area (Å²) in [4.78, 5) is 0. The van der Waals surface area contributed by atoms with Crippen LogP contribution in [0.5, 0.6) is 0 Å². The van der Waals surface area contributed by atoms with Crippen LogP contribution in [-0.2, 0) is 5.41 Å². The molecule has 0 N–H and O–H groups in total. The van der Waals surface area contributed by atoms with E-state index in [4.69, 9.17) is 8.83 Å². The molecule has 274 valence electrons. The number of fused-ring (bicyclic) bond motifs is 13. The van der Waals surface area contributed by atoms with E-state index in [9.17, 15) is 0 Å². The van der Waals surface area contributed by atoms with Gasteiger partial charge in [-0.25, -0.2) is 0 Å². The van der Waals surface area contributed by atoms with E-state index in [0.717, 1.165) is 66.0 Å². The first-order valence-electron chi connectivity index (χ1n) is 20.3. The maximum Gasteiger partial charge on any atom is 0.143 e. The molecule has 13 rings (SSSR count). The Bertz CT molecular complexity index is 3620. The number of hydrogen-bond donors (Lipinski definition) is 0. The average molecular weight is 751 g/mol. The van der Waals surface area contributed by atoms with Crippen LogP contribution in [0.3, 0.4) is 0 Å². The second kappa shape index (κ2) is 12.2. The Hall–Kier alpha value is -7.68. The van der Waals surface area contributed by atoms with Gasteiger partial charge in [0, 0.05) is 26.9 Å². The van der Waals surface area contributed by atoms with Crippen molar-refractivity contribution in [1.82, 2.24) is 0 Å². The van der Waals surface area contributed by atoms with Gasteiger partial charge in [0.2, 0.25) is 0 Å². The van der Waals surface area contributed by atoms with Gasteiger partial charge in [0.15, 0.2) is 0 Å². The van der Waals surface area contributed by atoms with E-state index in [1.807, 2.05) is 6.07 Å². The molecule has 0 saturated carbocycles. The average Bonchev–Trinajstić information content (AvgIpc) is 3.98. The lowest BCUT2D eigenvalue weighted by Gasteiger charge is -2.35. The summed E-state index contributed by atoms with van der Waals surface area (Å²) in [5, 5.41) is 9.29. The first-order valence-corrected chi connectivity index (χ1v) is 20.3. The van der Waals surface area contributed by atoms with Crippen molar-refractivity contribution in [3.63, 3.8) is 0 Å². The zero-order chi connectivity index (χ0) is 38.7. The van der Waals surface area contributed by atoms with Crippen LogP contribution in [0.4, 0.5) is 0 Å². The quantitative estimate of drug-likeness (QED) is 0.179. The highest BCUT2D eigenvalue weighted by atomic mass is 16.3. The molecule has 59 heavy (non-hydrogen) atoms. The highest BCUT2D eigenvalue weighted by Gasteiger charge is 2.48. The third-order valence-corrected chi connectivity index (χ3v) is 12.9. The van der Waals surface area contributed by atoms with E-state index in [2.05, 4.69) is 200 Å². The van der Waals surface area contributed by atoms with Crippen molar-refractivity contribution in [3.05, 3.63) is 229 Å². The minimum absolute atomic E-state index is 0.634. The summed E-state index contributed by atoms with van der Waals surface area (Å²) in [6.07, 6.45) is 0. The lowest BCUT2D eigenvalue weighted by molar-refractivity contribution is 0.669. The van der Waals surface area contributed by atoms with Gasteiger partial charge in [0.25, 0.3) is 0 Å². The minimum atomic E-state index is -0.634. The van der Waals surface area contributed by atoms with Crippen molar-refractivity contribution in [2.75, 3.05) is 0 Å². The minimum Gasteiger partial charge on any atom is -0.456 e. The van der Waals surface area contributed by atoms with Crippen LogP contribution in [-0.4, -0.2) is 0 Å². The summed E-state index contributed by atoms with van der Waals surface area (Å²) in [5.41, 5.74) is 15.2. The summed E-state index contributed by atoms with van der Waals surface area (Å²) in [6, 6.07) is 75.3. The van der Waals surface area contributed by atoms with Gasteiger partial charge in [-0.05, 0) is 114 Å². The van der Waals surface area contributed by atoms with Crippen molar-refractivity contribution < 1.29 is 8.83 Å². The maximum absolute atomic E-state index is 6.71. The molecular weight excluding hydrogens is 717 g/mol. The number of rotatable bonds is 4. The Morgan fingerprint density at radius 3 is 1.78 bits per heavy atom. The molecule has 0 radical (unpaired) electrons. The molecule has 0 spiro atoms. The molecule has 0 saturated heterocycles. The van der Waals surface area contributed by atoms with Crippen molar-refractivity contribution in [3.8, 4) is 33.4 Å². The predicted octanol–water partition coefficient (Wildman–Crippen LogP) is 15.5. The van der Waals surface area contributed by atoms with Crippen LogP contribution >= 0.6 is 0 Å². The molecule has 0 fully saturated rings. The molecule has 1 aliphatic carbocycles. The monoisotopic (exact) mass is 750 g/mol. The van der Waals surface area contributed by atoms with Crippen molar-refractivity contribution in [2.24, 2.45) is 0 Å². The fourth-order valence-electron chi connectivity index (χ4n) is 10.4. The van der Waals surface area contributed by atoms with Gasteiger partial charge < -0.3 is 8.83 Å². The Balaban J connectivity index is 1.16. The third-order valence-electron chi connectivity index (χ3n) is 12.9. The Morgan fingerprint density at radius 2 is 0.966 bits per heavy atom. The summed E-state index contributed by atoms with van der Waals surface area (Å²) >= 11 is 0. The zero-order valence-electron chi connectivity index (χ0n) is 31.9. The van der Waals surface area contributed by atoms with Crippen LogP contribution in [0.1, 0.15) is 22.3 Å². The van der Waals surface area contributed by atoms with Crippen LogP contribution in [0, 0.1) is 0 Å². The molecule has 2 nitrogen and oxygen atoms in total. The van der Waals surface area contributed by atoms with Crippen molar-refractivity contribution in [2.45, 2.75) is 5.41 Å². The Morgan fingerprint density at radius 1 is 0.339 bits per heavy atom. The number of hydrogen-bond acceptors (Lipinski definition) is 2. The molecule has 0 amide bonds. The van der Waals surface area contributed by atoms with Crippen molar-refractivity contribution >= 4 is 65.4 Å². The van der Waals surface area contributed by atoms with E-state index in [1.165, 1.54) is 55.1 Å². The largest absolute Gasteiger partial charge is 0.456 e. The maximum atomic E-state index is 6.71. The SMILES string of the molecule is c1ccc(C2(c3ccccc3)c3cc(-c4cccc5oc6c7ccccc7ccc6c45)ccc3-c3c(-c4ccc5c(c4)oc4ccccc45)cc4ccccc4c32)cc1. The molecule has 12 aromatic rings. The van der Waals surface area contributed by atoms with Crippen LogP contribution in [0.15, 0.2) is 215 Å². The highest BCUT2D eigenvalue weighted by molar-refractivity contribution is 6.19. The number of benzene rings is 10. The lowest BCUT2D eigenvalue weighted by Crippen LogP contribution is -2.29. The second-order valence-corrected chi connectivity index (χ2v) is 15.9. The number of para-hydroxylation sites is 1. The molecule has 2 aromatic heterocycles. The topological polar surface area (TPSA) is 26.3 Å². The fourth-order valence-corrected chi connectivity index (χ4v) is 10.4. The molecule has 2 heteroatoms. The standard InChI is InChI=1S/C57H34O2/c1-3-16-39(17-4-1)57(40-18-5-2-6-19-40)49-33-37(41-23-13-25-51-53(41)47-31-26-35-14-7-10-21-43(35)56(47)59-51)28-30-46(49)54-48(32-36-15-8-9-20-42(36)55(54)57)38-27-29-45-44-22-11-12-24-50(44)58-52(45)34-38/h1-34H. The molecule has 0 atom stereocenters. The van der Waals surface area contributed by atoms with E-state index in [-0.39, 0.29) is 0 Å². The molecule has 0 aliphatic heterocycles. The summed E-state index contributed by atoms with van der Waals surface area (Å²) < 4.78 is 13.2. The molecule has 0 bridgehead atoms. The Kier molecular flexibility index (Phi) is 6.68. The normalized spacial score (nSPS) is 13.2. The predicted molar refractivity (Wildman–Crippen MR) is 244 cm³/mol. The van der Waals surface area contributed by atoms with Gasteiger partial charge in [0.05, 0.1) is 5.41 Å². The van der Waals surface area contributed by atoms with E-state index in [1.54, 1.807) is 0 Å². The molecule has 0 unspecified atom stereocenters. The summed E-state index contributed by atoms with van der Waals surface area (Å²) in [5.74, 6) is 0. The second-order valence-electron chi connectivity index (χ2n) is 15.9. The van der Waals surface area contributed by atoms with E-state index >= 15 is 0 Å². The van der Waals surface area contributed by atoms with Crippen molar-refractivity contribution in [1.29, 1.82) is 0 Å². The fraction of sp³-hybridized carbons (Fsp3) is 0.0175. The van der Waals surface area contributed by atoms with E-state index < -0.39 is 5.41 Å². The van der Waals surface area contributed by atoms with Gasteiger partial charge in [-0.1, -0.05) is 164 Å². The molecule has 1 aliphatic rings. The van der Waals surface area contributed by atoms with Gasteiger partial charge in [-0.2, -0.15) is 0 Å². The van der Waals surface area contributed by atoms with Gasteiger partial charge in [-0.3, -0.25) is 0 Å². The summed E-state index contributed by atoms with van der Waals surface area (Å²) in [6.45, 7) is 0. The first-order chi connectivity index (χ1) is 29.3. The molecule has 10 aromatic carbocycles. The van der Waals surface area contributed by atoms with Crippen LogP contribution < -0.4 is 0 Å². The smallest absolute Gasteiger partial charge is 0.143 e. The van der Waals surface area contributed by atoms with Gasteiger partial charge in [0.1, 0.15) is 22.3 Å². The van der Waals surface area contributed by atoms with Gasteiger partial charge in [-0.15, -0.1) is 0 Å². The lowest BCUT2D eigenvalue weighted by atomic mass is 9.66. The van der Waals surface area contributed by atoms with E-state index in [0.29, 0.717) is 0 Å². The first kappa shape index (κ1) is 32.4. The highest BCUT2D eigenvalue weighted by Crippen LogP contribution is 2.61. The zero-order valence-corrected chi connectivity index (χ0v) is 31.9. The van der Waals surface area contributed by atoms with Crippen LogP contribution in [0.2, 0.25) is 0 Å². The van der Waals surface area contributed by atoms with Crippen LogP contribution in [0.25, 0.3) is 98.8 Å². The molecular formula is C57H34O2. The number of furan rings is 2. The summed E-state index contributed by atoms with van der Waals surface area (Å²) in [7, 11) is 0. The van der Waals surface area contributed by atoms with Gasteiger partial charge >= 0.3 is 0 Å². The third kappa shape index (κ3) is 4.46.